The second kappa shape index (κ2) is 6.85. The summed E-state index contributed by atoms with van der Waals surface area (Å²) in [4.78, 5) is 0. The second-order valence-electron chi connectivity index (χ2n) is 5.67. The van der Waals surface area contributed by atoms with Gasteiger partial charge in [0, 0.05) is 7.11 Å². The topological polar surface area (TPSA) is 45.1 Å². The van der Waals surface area contributed by atoms with Gasteiger partial charge in [-0.3, -0.25) is 0 Å². The van der Waals surface area contributed by atoms with E-state index in [4.69, 9.17) is 4.74 Å². The van der Waals surface area contributed by atoms with E-state index in [1.165, 1.54) is 7.11 Å². The molecule has 0 aromatic heterocycles. The number of ether oxygens (including phenoxy) is 1. The first-order chi connectivity index (χ1) is 11.9. The molecule has 1 heterocycles. The number of methoxy groups -OCH3 is 1. The molecular formula is C18H17F3N2O2. The zero-order valence-electron chi connectivity index (χ0n) is 13.4. The quantitative estimate of drug-likeness (QED) is 0.913. The molecule has 0 radical (unpaired) electrons. The number of hydrogen-bond donors (Lipinski definition) is 1. The monoisotopic (exact) mass is 350 g/mol. The van der Waals surface area contributed by atoms with Crippen LogP contribution in [0.1, 0.15) is 11.7 Å². The summed E-state index contributed by atoms with van der Waals surface area (Å²) in [6, 6.07) is 16.8. The number of anilines is 1. The van der Waals surface area contributed by atoms with Crippen LogP contribution in [0.15, 0.2) is 65.8 Å². The Morgan fingerprint density at radius 3 is 2.12 bits per heavy atom. The number of hydrogen-bond acceptors (Lipinski definition) is 4. The van der Waals surface area contributed by atoms with Gasteiger partial charge in [-0.1, -0.05) is 48.5 Å². The molecule has 0 fully saturated rings. The van der Waals surface area contributed by atoms with Crippen molar-refractivity contribution in [3.8, 4) is 0 Å². The second-order valence-corrected chi connectivity index (χ2v) is 5.67. The summed E-state index contributed by atoms with van der Waals surface area (Å²) in [5, 5.41) is 15.3. The number of nitrogens with zero attached hydrogens (tertiary/aromatic N) is 2. The van der Waals surface area contributed by atoms with Gasteiger partial charge in [0.05, 0.1) is 17.7 Å². The van der Waals surface area contributed by atoms with Crippen molar-refractivity contribution in [1.82, 2.24) is 0 Å². The van der Waals surface area contributed by atoms with E-state index in [1.807, 2.05) is 0 Å². The normalized spacial score (nSPS) is 22.0. The lowest BCUT2D eigenvalue weighted by Gasteiger charge is -2.29. The zero-order chi connectivity index (χ0) is 18.0. The summed E-state index contributed by atoms with van der Waals surface area (Å²) in [5.74, 6) is -1.37. The van der Waals surface area contributed by atoms with Crippen LogP contribution in [-0.4, -0.2) is 30.3 Å². The van der Waals surface area contributed by atoms with Gasteiger partial charge in [0.2, 0.25) is 0 Å². The molecule has 2 aromatic rings. The van der Waals surface area contributed by atoms with Crippen molar-refractivity contribution < 1.29 is 23.0 Å². The Morgan fingerprint density at radius 1 is 1.04 bits per heavy atom. The standard InChI is InChI=1S/C18H17F3N2O2/c1-25-15(12-8-4-2-5-9-12)14-16(18(19,20)21)22-23(17(14)24)13-10-6-3-7-11-13/h2-11,14-15,17,24H,1H3. The number of alkyl halides is 3. The van der Waals surface area contributed by atoms with Gasteiger partial charge in [0.15, 0.2) is 11.9 Å². The molecule has 3 atom stereocenters. The fourth-order valence-electron chi connectivity index (χ4n) is 3.00. The highest BCUT2D eigenvalue weighted by molar-refractivity contribution is 5.95. The van der Waals surface area contributed by atoms with Crippen molar-refractivity contribution in [3.63, 3.8) is 0 Å². The van der Waals surface area contributed by atoms with Crippen molar-refractivity contribution in [3.05, 3.63) is 66.2 Å². The van der Waals surface area contributed by atoms with Crippen LogP contribution < -0.4 is 5.01 Å². The molecule has 0 bridgehead atoms. The highest BCUT2D eigenvalue weighted by Gasteiger charge is 2.53. The van der Waals surface area contributed by atoms with Gasteiger partial charge in [-0.25, -0.2) is 5.01 Å². The first kappa shape index (κ1) is 17.4. The lowest BCUT2D eigenvalue weighted by atomic mass is 9.90. The average Bonchev–Trinajstić information content (AvgIpc) is 2.95. The van der Waals surface area contributed by atoms with Gasteiger partial charge >= 0.3 is 6.18 Å². The number of aliphatic hydroxyl groups excluding tert-OH is 1. The molecule has 0 amide bonds. The molecule has 3 rings (SSSR count). The molecule has 7 heteroatoms. The summed E-state index contributed by atoms with van der Waals surface area (Å²) >= 11 is 0. The van der Waals surface area contributed by atoms with E-state index in [2.05, 4.69) is 5.10 Å². The SMILES string of the molecule is COC(c1ccccc1)C1C(C(F)(F)F)=NN(c2ccccc2)C1O. The summed E-state index contributed by atoms with van der Waals surface area (Å²) in [6.45, 7) is 0. The number of para-hydroxylation sites is 1. The van der Waals surface area contributed by atoms with Crippen LogP contribution in [0.2, 0.25) is 0 Å². The molecular weight excluding hydrogens is 333 g/mol. The molecule has 0 saturated heterocycles. The van der Waals surface area contributed by atoms with Crippen LogP contribution in [0.5, 0.6) is 0 Å². The fraction of sp³-hybridized carbons (Fsp3) is 0.278. The van der Waals surface area contributed by atoms with Gasteiger partial charge in [-0.2, -0.15) is 18.3 Å². The van der Waals surface area contributed by atoms with Crippen LogP contribution in [0.25, 0.3) is 0 Å². The third kappa shape index (κ3) is 3.38. The maximum atomic E-state index is 13.6. The minimum atomic E-state index is -4.68. The van der Waals surface area contributed by atoms with Crippen LogP contribution in [-0.2, 0) is 4.74 Å². The maximum absolute atomic E-state index is 13.6. The number of benzene rings is 2. The van der Waals surface area contributed by atoms with Gasteiger partial charge in [0.1, 0.15) is 0 Å². The predicted octanol–water partition coefficient (Wildman–Crippen LogP) is 3.75. The summed E-state index contributed by atoms with van der Waals surface area (Å²) < 4.78 is 46.0. The summed E-state index contributed by atoms with van der Waals surface area (Å²) in [5.41, 5.74) is -0.136. The number of aliphatic hydroxyl groups is 1. The van der Waals surface area contributed by atoms with Crippen LogP contribution >= 0.6 is 0 Å². The summed E-state index contributed by atoms with van der Waals surface area (Å²) in [6.07, 6.45) is -7.16. The van der Waals surface area contributed by atoms with Crippen molar-refractivity contribution in [1.29, 1.82) is 0 Å². The first-order valence-electron chi connectivity index (χ1n) is 7.69. The van der Waals surface area contributed by atoms with Gasteiger partial charge in [-0.15, -0.1) is 0 Å². The Balaban J connectivity index is 2.04. The Hall–Kier alpha value is -2.38. The Bertz CT molecular complexity index is 735. The Morgan fingerprint density at radius 2 is 1.60 bits per heavy atom. The van der Waals surface area contributed by atoms with E-state index in [1.54, 1.807) is 60.7 Å². The number of halogens is 3. The largest absolute Gasteiger partial charge is 0.431 e. The Labute approximate surface area is 143 Å². The smallest absolute Gasteiger partial charge is 0.376 e. The predicted molar refractivity (Wildman–Crippen MR) is 88.1 cm³/mol. The van der Waals surface area contributed by atoms with Crippen molar-refractivity contribution in [2.24, 2.45) is 11.0 Å². The highest BCUT2D eigenvalue weighted by Crippen LogP contribution is 2.41. The Kier molecular flexibility index (Phi) is 4.78. The van der Waals surface area contributed by atoms with Crippen molar-refractivity contribution >= 4 is 11.4 Å². The zero-order valence-corrected chi connectivity index (χ0v) is 13.4. The van der Waals surface area contributed by atoms with E-state index in [-0.39, 0.29) is 0 Å². The lowest BCUT2D eigenvalue weighted by Crippen LogP contribution is -2.41. The van der Waals surface area contributed by atoms with E-state index in [0.29, 0.717) is 11.3 Å². The molecule has 4 nitrogen and oxygen atoms in total. The van der Waals surface area contributed by atoms with Crippen molar-refractivity contribution in [2.75, 3.05) is 12.1 Å². The van der Waals surface area contributed by atoms with Crippen LogP contribution in [0, 0.1) is 5.92 Å². The van der Waals surface area contributed by atoms with Gasteiger partial charge in [0.25, 0.3) is 0 Å². The van der Waals surface area contributed by atoms with Crippen molar-refractivity contribution in [2.45, 2.75) is 18.5 Å². The molecule has 1 aliphatic heterocycles. The lowest BCUT2D eigenvalue weighted by molar-refractivity contribution is -0.0714. The van der Waals surface area contributed by atoms with E-state index in [0.717, 1.165) is 5.01 Å². The van der Waals surface area contributed by atoms with E-state index >= 15 is 0 Å². The maximum Gasteiger partial charge on any atom is 0.431 e. The molecule has 132 valence electrons. The molecule has 3 unspecified atom stereocenters. The highest BCUT2D eigenvalue weighted by atomic mass is 19.4. The van der Waals surface area contributed by atoms with Gasteiger partial charge < -0.3 is 9.84 Å². The molecule has 2 aromatic carbocycles. The summed E-state index contributed by atoms with van der Waals surface area (Å²) in [7, 11) is 1.32. The molecule has 0 spiro atoms. The number of rotatable bonds is 4. The van der Waals surface area contributed by atoms with Crippen LogP contribution in [0.4, 0.5) is 18.9 Å². The molecule has 0 aliphatic carbocycles. The third-order valence-electron chi connectivity index (χ3n) is 4.12. The average molecular weight is 350 g/mol. The van der Waals surface area contributed by atoms with Crippen LogP contribution in [0.3, 0.4) is 0 Å². The molecule has 1 aliphatic rings. The molecule has 1 N–H and O–H groups in total. The first-order valence-corrected chi connectivity index (χ1v) is 7.69. The van der Waals surface area contributed by atoms with Gasteiger partial charge in [-0.05, 0) is 17.7 Å². The van der Waals surface area contributed by atoms with E-state index in [9.17, 15) is 18.3 Å². The molecule has 0 saturated carbocycles. The minimum Gasteiger partial charge on any atom is -0.376 e. The number of hydrazone groups is 1. The van der Waals surface area contributed by atoms with E-state index < -0.39 is 30.1 Å². The third-order valence-corrected chi connectivity index (χ3v) is 4.12. The minimum absolute atomic E-state index is 0.377. The fourth-order valence-corrected chi connectivity index (χ4v) is 3.00. The molecule has 25 heavy (non-hydrogen) atoms.